The lowest BCUT2D eigenvalue weighted by molar-refractivity contribution is -0.110. The van der Waals surface area contributed by atoms with Gasteiger partial charge in [-0.3, -0.25) is 4.57 Å². The van der Waals surface area contributed by atoms with Crippen LogP contribution in [0.1, 0.15) is 6.23 Å². The van der Waals surface area contributed by atoms with E-state index < -0.39 is 37.8 Å². The van der Waals surface area contributed by atoms with Crippen LogP contribution in [0.5, 0.6) is 0 Å². The number of aliphatic hydroxyl groups excluding tert-OH is 3. The number of nitrogen functional groups attached to an aromatic ring is 1. The van der Waals surface area contributed by atoms with E-state index in [9.17, 15) is 9.90 Å². The molecule has 0 aliphatic rings. The maximum absolute atomic E-state index is 11.6. The van der Waals surface area contributed by atoms with Crippen molar-refractivity contribution in [1.82, 2.24) is 18.9 Å². The number of imidazole rings is 1. The van der Waals surface area contributed by atoms with Crippen LogP contribution in [-0.4, -0.2) is 60.2 Å². The normalized spacial score (nSPS) is 13.2. The Morgan fingerprint density at radius 3 is 2.50 bits per heavy atom. The molecule has 0 aromatic carbocycles. The fourth-order valence-corrected chi connectivity index (χ4v) is 1.72. The highest BCUT2D eigenvalue weighted by atomic mass is 16.5. The van der Waals surface area contributed by atoms with Crippen LogP contribution >= 0.6 is 0 Å². The Labute approximate surface area is 112 Å². The molecule has 2 aromatic heterocycles. The number of nitrogens with two attached hydrogens (primary N) is 1. The first-order chi connectivity index (χ1) is 9.60. The van der Waals surface area contributed by atoms with Crippen LogP contribution in [0.15, 0.2) is 17.2 Å². The molecule has 0 saturated heterocycles. The van der Waals surface area contributed by atoms with E-state index in [1.54, 1.807) is 0 Å². The average Bonchev–Trinajstić information content (AvgIpc) is 2.84. The number of nitrogens with zero attached hydrogens (tertiary/aromatic N) is 4. The molecule has 0 fully saturated rings. The van der Waals surface area contributed by atoms with Crippen molar-refractivity contribution in [2.24, 2.45) is 0 Å². The highest BCUT2D eigenvalue weighted by Gasteiger charge is 2.19. The monoisotopic (exact) mass is 285 g/mol. The Bertz CT molecular complexity index is 634. The molecule has 2 aromatic rings. The lowest BCUT2D eigenvalue weighted by atomic mass is 10.4. The van der Waals surface area contributed by atoms with Gasteiger partial charge in [-0.2, -0.15) is 9.97 Å². The Balaban J connectivity index is 2.42. The van der Waals surface area contributed by atoms with Crippen LogP contribution in [0.4, 0.5) is 5.95 Å². The second-order valence-corrected chi connectivity index (χ2v) is 4.00. The van der Waals surface area contributed by atoms with Gasteiger partial charge in [0.2, 0.25) is 11.7 Å². The van der Waals surface area contributed by atoms with Gasteiger partial charge in [-0.1, -0.05) is 0 Å². The standard InChI is InChI=1S/C10H15N5O5/c11-8-12-9-14(1-2-15(9)10(19)13-8)7(5-18)20-6(3-16)4-17/h1-2,6-7,16-18H,3-5H2,(H2,11,13,19)/t7-/m1/s1. The lowest BCUT2D eigenvalue weighted by Crippen LogP contribution is -2.29. The predicted molar refractivity (Wildman–Crippen MR) is 66.8 cm³/mol. The number of aromatic nitrogens is 4. The summed E-state index contributed by atoms with van der Waals surface area (Å²) in [5, 5.41) is 27.4. The molecular weight excluding hydrogens is 270 g/mol. The number of rotatable bonds is 6. The SMILES string of the molecule is Nc1nc(=O)n2ccn([C@@H](CO)OC(CO)CO)c2n1. The van der Waals surface area contributed by atoms with Gasteiger partial charge < -0.3 is 25.8 Å². The van der Waals surface area contributed by atoms with Crippen LogP contribution in [0, 0.1) is 0 Å². The zero-order valence-electron chi connectivity index (χ0n) is 10.5. The van der Waals surface area contributed by atoms with Crippen molar-refractivity contribution >= 4 is 11.7 Å². The molecule has 2 rings (SSSR count). The maximum Gasteiger partial charge on any atom is 0.357 e. The smallest absolute Gasteiger partial charge is 0.357 e. The lowest BCUT2D eigenvalue weighted by Gasteiger charge is -2.22. The first kappa shape index (κ1) is 14.4. The summed E-state index contributed by atoms with van der Waals surface area (Å²) in [6, 6.07) is 0. The van der Waals surface area contributed by atoms with Gasteiger partial charge in [0.1, 0.15) is 6.10 Å². The molecule has 2 heterocycles. The van der Waals surface area contributed by atoms with Crippen molar-refractivity contribution < 1.29 is 20.1 Å². The van der Waals surface area contributed by atoms with Crippen molar-refractivity contribution in [3.8, 4) is 0 Å². The molecule has 10 heteroatoms. The number of hydrogen-bond acceptors (Lipinski definition) is 8. The zero-order chi connectivity index (χ0) is 14.7. The van der Waals surface area contributed by atoms with Gasteiger partial charge in [0.15, 0.2) is 6.23 Å². The molecule has 0 saturated carbocycles. The molecule has 0 spiro atoms. The van der Waals surface area contributed by atoms with Crippen LogP contribution < -0.4 is 11.4 Å². The summed E-state index contributed by atoms with van der Waals surface area (Å²) in [5.41, 5.74) is 4.81. The molecule has 5 N–H and O–H groups in total. The second-order valence-electron chi connectivity index (χ2n) is 4.00. The molecule has 110 valence electrons. The van der Waals surface area contributed by atoms with Crippen LogP contribution in [0.3, 0.4) is 0 Å². The number of aliphatic hydroxyl groups is 3. The number of anilines is 1. The number of ether oxygens (including phenoxy) is 1. The first-order valence-corrected chi connectivity index (χ1v) is 5.81. The van der Waals surface area contributed by atoms with E-state index in [2.05, 4.69) is 9.97 Å². The van der Waals surface area contributed by atoms with Crippen molar-refractivity contribution in [2.75, 3.05) is 25.6 Å². The predicted octanol–water partition coefficient (Wildman–Crippen LogP) is -2.67. The molecule has 0 aliphatic carbocycles. The van der Waals surface area contributed by atoms with Crippen molar-refractivity contribution in [1.29, 1.82) is 0 Å². The van der Waals surface area contributed by atoms with E-state index in [1.807, 2.05) is 0 Å². The van der Waals surface area contributed by atoms with E-state index in [4.69, 9.17) is 20.7 Å². The zero-order valence-corrected chi connectivity index (χ0v) is 10.5. The summed E-state index contributed by atoms with van der Waals surface area (Å²) in [6.45, 7) is -1.27. The molecule has 0 amide bonds. The van der Waals surface area contributed by atoms with E-state index in [0.717, 1.165) is 4.40 Å². The van der Waals surface area contributed by atoms with E-state index in [0.29, 0.717) is 0 Å². The van der Waals surface area contributed by atoms with Crippen LogP contribution in [0.25, 0.3) is 5.78 Å². The van der Waals surface area contributed by atoms with Crippen LogP contribution in [-0.2, 0) is 4.74 Å². The summed E-state index contributed by atoms with van der Waals surface area (Å²) in [5.74, 6) is -0.0660. The Kier molecular flexibility index (Phi) is 4.29. The summed E-state index contributed by atoms with van der Waals surface area (Å²) in [6.07, 6.45) is 1.06. The van der Waals surface area contributed by atoms with Gasteiger partial charge in [-0.15, -0.1) is 0 Å². The van der Waals surface area contributed by atoms with Gasteiger partial charge in [0, 0.05) is 12.4 Å². The Morgan fingerprint density at radius 2 is 1.90 bits per heavy atom. The van der Waals surface area contributed by atoms with Gasteiger partial charge in [-0.05, 0) is 0 Å². The fraction of sp³-hybridized carbons (Fsp3) is 0.500. The Hall–Kier alpha value is -2.01. The van der Waals surface area contributed by atoms with E-state index in [-0.39, 0.29) is 11.7 Å². The number of hydrogen-bond donors (Lipinski definition) is 4. The van der Waals surface area contributed by atoms with Crippen LogP contribution in [0.2, 0.25) is 0 Å². The molecule has 0 aliphatic heterocycles. The Morgan fingerprint density at radius 1 is 1.20 bits per heavy atom. The summed E-state index contributed by atoms with van der Waals surface area (Å²) in [7, 11) is 0. The molecular formula is C10H15N5O5. The van der Waals surface area contributed by atoms with E-state index in [1.165, 1.54) is 17.0 Å². The molecule has 20 heavy (non-hydrogen) atoms. The minimum atomic E-state index is -0.932. The first-order valence-electron chi connectivity index (χ1n) is 5.81. The van der Waals surface area contributed by atoms with Gasteiger partial charge in [-0.25, -0.2) is 9.20 Å². The summed E-state index contributed by atoms with van der Waals surface area (Å²) in [4.78, 5) is 19.0. The van der Waals surface area contributed by atoms with Crippen molar-refractivity contribution in [3.05, 3.63) is 22.9 Å². The maximum atomic E-state index is 11.6. The van der Waals surface area contributed by atoms with Gasteiger partial charge in [0.25, 0.3) is 0 Å². The molecule has 0 bridgehead atoms. The third-order valence-electron chi connectivity index (χ3n) is 2.68. The van der Waals surface area contributed by atoms with Gasteiger partial charge in [0.05, 0.1) is 19.8 Å². The molecule has 1 atom stereocenters. The molecule has 0 radical (unpaired) electrons. The average molecular weight is 285 g/mol. The van der Waals surface area contributed by atoms with Gasteiger partial charge >= 0.3 is 5.69 Å². The van der Waals surface area contributed by atoms with E-state index >= 15 is 0 Å². The van der Waals surface area contributed by atoms with Crippen molar-refractivity contribution in [3.63, 3.8) is 0 Å². The molecule has 10 nitrogen and oxygen atoms in total. The number of fused-ring (bicyclic) bond motifs is 1. The van der Waals surface area contributed by atoms with Crippen molar-refractivity contribution in [2.45, 2.75) is 12.3 Å². The summed E-state index contributed by atoms with van der Waals surface area (Å²) < 4.78 is 7.82. The minimum Gasteiger partial charge on any atom is -0.394 e. The third kappa shape index (κ3) is 2.63. The second kappa shape index (κ2) is 5.96. The summed E-state index contributed by atoms with van der Waals surface area (Å²) >= 11 is 0. The minimum absolute atomic E-state index is 0.135. The quantitative estimate of drug-likeness (QED) is 0.449. The topological polar surface area (TPSA) is 148 Å². The molecule has 0 unspecified atom stereocenters. The highest BCUT2D eigenvalue weighted by molar-refractivity contribution is 5.34. The highest BCUT2D eigenvalue weighted by Crippen LogP contribution is 2.14. The fourth-order valence-electron chi connectivity index (χ4n) is 1.72. The largest absolute Gasteiger partial charge is 0.394 e. The third-order valence-corrected chi connectivity index (χ3v) is 2.68.